The van der Waals surface area contributed by atoms with Crippen molar-refractivity contribution in [2.75, 3.05) is 26.2 Å². The van der Waals surface area contributed by atoms with Gasteiger partial charge in [0.25, 0.3) is 5.91 Å². The smallest absolute Gasteiger partial charge is 0.255 e. The molecule has 1 heterocycles. The summed E-state index contributed by atoms with van der Waals surface area (Å²) in [6, 6.07) is 7.40. The summed E-state index contributed by atoms with van der Waals surface area (Å²) in [6.45, 7) is 4.74. The summed E-state index contributed by atoms with van der Waals surface area (Å²) in [5.41, 5.74) is 0.525. The van der Waals surface area contributed by atoms with E-state index in [2.05, 4.69) is 16.0 Å². The van der Waals surface area contributed by atoms with E-state index in [-0.39, 0.29) is 30.3 Å². The standard InChI is InChI=1S/C18H27N3O3.ClH/c1-2-24-16-9-4-3-8-15(16)18(23)20-12-6-10-17(22)21-14-7-5-11-19-13-14;/h3-4,8-9,14,19H,2,5-7,10-13H2,1H3,(H,20,23)(H,21,22);1H. The first-order valence-corrected chi connectivity index (χ1v) is 8.70. The normalized spacial score (nSPS) is 16.4. The number of nitrogens with one attached hydrogen (secondary N) is 3. The predicted octanol–water partition coefficient (Wildman–Crippen LogP) is 1.89. The van der Waals surface area contributed by atoms with Gasteiger partial charge in [0, 0.05) is 25.6 Å². The van der Waals surface area contributed by atoms with E-state index in [0.717, 1.165) is 25.9 Å². The summed E-state index contributed by atoms with van der Waals surface area (Å²) in [5, 5.41) is 9.15. The first-order chi connectivity index (χ1) is 11.7. The molecular formula is C18H28ClN3O3. The zero-order valence-electron chi connectivity index (χ0n) is 14.7. The highest BCUT2D eigenvalue weighted by molar-refractivity contribution is 5.96. The van der Waals surface area contributed by atoms with Crippen molar-refractivity contribution in [3.05, 3.63) is 29.8 Å². The molecule has 0 saturated carbocycles. The summed E-state index contributed by atoms with van der Waals surface area (Å²) in [7, 11) is 0. The van der Waals surface area contributed by atoms with E-state index in [1.807, 2.05) is 19.1 Å². The molecule has 1 aromatic carbocycles. The number of piperidine rings is 1. The van der Waals surface area contributed by atoms with Crippen LogP contribution < -0.4 is 20.7 Å². The summed E-state index contributed by atoms with van der Waals surface area (Å²) in [4.78, 5) is 24.1. The number of benzene rings is 1. The van der Waals surface area contributed by atoms with Crippen LogP contribution in [-0.4, -0.2) is 44.1 Å². The second-order valence-corrected chi connectivity index (χ2v) is 5.90. The van der Waals surface area contributed by atoms with Crippen LogP contribution >= 0.6 is 12.4 Å². The molecule has 1 aromatic rings. The summed E-state index contributed by atoms with van der Waals surface area (Å²) in [6.07, 6.45) is 3.17. The number of hydrogen-bond acceptors (Lipinski definition) is 4. The van der Waals surface area contributed by atoms with E-state index in [9.17, 15) is 9.59 Å². The van der Waals surface area contributed by atoms with E-state index >= 15 is 0 Å². The fraction of sp³-hybridized carbons (Fsp3) is 0.556. The molecule has 1 aliphatic rings. The Kier molecular flexibility index (Phi) is 9.96. The first kappa shape index (κ1) is 21.3. The van der Waals surface area contributed by atoms with E-state index in [0.29, 0.717) is 37.3 Å². The highest BCUT2D eigenvalue weighted by Gasteiger charge is 2.15. The molecule has 0 aromatic heterocycles. The van der Waals surface area contributed by atoms with Crippen molar-refractivity contribution in [1.29, 1.82) is 0 Å². The minimum atomic E-state index is -0.170. The van der Waals surface area contributed by atoms with E-state index < -0.39 is 0 Å². The van der Waals surface area contributed by atoms with Crippen molar-refractivity contribution < 1.29 is 14.3 Å². The molecule has 1 saturated heterocycles. The fourth-order valence-corrected chi connectivity index (χ4v) is 2.76. The van der Waals surface area contributed by atoms with Crippen molar-refractivity contribution >= 4 is 24.2 Å². The summed E-state index contributed by atoms with van der Waals surface area (Å²) < 4.78 is 5.46. The maximum absolute atomic E-state index is 12.2. The van der Waals surface area contributed by atoms with Crippen LogP contribution in [0.5, 0.6) is 5.75 Å². The zero-order valence-corrected chi connectivity index (χ0v) is 15.5. The summed E-state index contributed by atoms with van der Waals surface area (Å²) >= 11 is 0. The van der Waals surface area contributed by atoms with Gasteiger partial charge in [-0.25, -0.2) is 0 Å². The highest BCUT2D eigenvalue weighted by atomic mass is 35.5. The lowest BCUT2D eigenvalue weighted by Gasteiger charge is -2.23. The van der Waals surface area contributed by atoms with E-state index in [4.69, 9.17) is 4.74 Å². The van der Waals surface area contributed by atoms with Crippen molar-refractivity contribution in [2.24, 2.45) is 0 Å². The highest BCUT2D eigenvalue weighted by Crippen LogP contribution is 2.17. The third-order valence-corrected chi connectivity index (χ3v) is 3.96. The monoisotopic (exact) mass is 369 g/mol. The quantitative estimate of drug-likeness (QED) is 0.611. The molecule has 2 amide bonds. The Labute approximate surface area is 155 Å². The van der Waals surface area contributed by atoms with Crippen LogP contribution in [-0.2, 0) is 4.79 Å². The van der Waals surface area contributed by atoms with Crippen LogP contribution in [0, 0.1) is 0 Å². The Morgan fingerprint density at radius 2 is 2.12 bits per heavy atom. The Hall–Kier alpha value is -1.79. The molecule has 1 atom stereocenters. The minimum Gasteiger partial charge on any atom is -0.493 e. The molecule has 1 unspecified atom stereocenters. The maximum atomic E-state index is 12.2. The molecule has 0 aliphatic carbocycles. The lowest BCUT2D eigenvalue weighted by atomic mass is 10.1. The molecular weight excluding hydrogens is 342 g/mol. The number of ether oxygens (including phenoxy) is 1. The van der Waals surface area contributed by atoms with Crippen LogP contribution in [0.25, 0.3) is 0 Å². The van der Waals surface area contributed by atoms with Crippen LogP contribution in [0.2, 0.25) is 0 Å². The predicted molar refractivity (Wildman–Crippen MR) is 100 cm³/mol. The molecule has 0 spiro atoms. The maximum Gasteiger partial charge on any atom is 0.255 e. The third kappa shape index (κ3) is 7.32. The molecule has 2 rings (SSSR count). The number of carbonyl (C=O) groups excluding carboxylic acids is 2. The molecule has 140 valence electrons. The number of carbonyl (C=O) groups is 2. The van der Waals surface area contributed by atoms with E-state index in [1.54, 1.807) is 12.1 Å². The average Bonchev–Trinajstić information content (AvgIpc) is 2.60. The number of rotatable bonds is 8. The van der Waals surface area contributed by atoms with Gasteiger partial charge in [0.2, 0.25) is 5.91 Å². The second-order valence-electron chi connectivity index (χ2n) is 5.90. The van der Waals surface area contributed by atoms with Gasteiger partial charge in [-0.05, 0) is 44.9 Å². The molecule has 25 heavy (non-hydrogen) atoms. The number of para-hydroxylation sites is 1. The topological polar surface area (TPSA) is 79.5 Å². The van der Waals surface area contributed by atoms with Gasteiger partial charge in [-0.2, -0.15) is 0 Å². The Balaban J connectivity index is 0.00000312. The van der Waals surface area contributed by atoms with Gasteiger partial charge >= 0.3 is 0 Å². The van der Waals surface area contributed by atoms with Crippen molar-refractivity contribution in [3.63, 3.8) is 0 Å². The van der Waals surface area contributed by atoms with Gasteiger partial charge in [0.05, 0.1) is 12.2 Å². The molecule has 1 fully saturated rings. The Bertz CT molecular complexity index is 548. The van der Waals surface area contributed by atoms with Gasteiger partial charge < -0.3 is 20.7 Å². The van der Waals surface area contributed by atoms with Crippen molar-refractivity contribution in [1.82, 2.24) is 16.0 Å². The molecule has 7 heteroatoms. The van der Waals surface area contributed by atoms with Gasteiger partial charge in [0.1, 0.15) is 5.75 Å². The lowest BCUT2D eigenvalue weighted by Crippen LogP contribution is -2.45. The molecule has 6 nitrogen and oxygen atoms in total. The molecule has 3 N–H and O–H groups in total. The van der Waals surface area contributed by atoms with Gasteiger partial charge in [-0.15, -0.1) is 12.4 Å². The first-order valence-electron chi connectivity index (χ1n) is 8.70. The zero-order chi connectivity index (χ0) is 17.2. The molecule has 1 aliphatic heterocycles. The largest absolute Gasteiger partial charge is 0.493 e. The van der Waals surface area contributed by atoms with Crippen molar-refractivity contribution in [3.8, 4) is 5.75 Å². The SMILES string of the molecule is CCOc1ccccc1C(=O)NCCCC(=O)NC1CCCNC1.Cl. The number of amides is 2. The van der Waals surface area contributed by atoms with Gasteiger partial charge in [-0.1, -0.05) is 12.1 Å². The third-order valence-electron chi connectivity index (χ3n) is 3.96. The second kappa shape index (κ2) is 11.7. The molecule has 0 bridgehead atoms. The Morgan fingerprint density at radius 1 is 1.32 bits per heavy atom. The molecule has 0 radical (unpaired) electrons. The van der Waals surface area contributed by atoms with Crippen LogP contribution in [0.1, 0.15) is 43.0 Å². The fourth-order valence-electron chi connectivity index (χ4n) is 2.76. The van der Waals surface area contributed by atoms with Gasteiger partial charge in [-0.3, -0.25) is 9.59 Å². The van der Waals surface area contributed by atoms with Crippen LogP contribution in [0.3, 0.4) is 0 Å². The number of hydrogen-bond donors (Lipinski definition) is 3. The summed E-state index contributed by atoms with van der Waals surface area (Å²) in [5.74, 6) is 0.462. The average molecular weight is 370 g/mol. The van der Waals surface area contributed by atoms with Crippen molar-refractivity contribution in [2.45, 2.75) is 38.6 Å². The Morgan fingerprint density at radius 3 is 2.84 bits per heavy atom. The number of halogens is 1. The van der Waals surface area contributed by atoms with Gasteiger partial charge in [0.15, 0.2) is 0 Å². The van der Waals surface area contributed by atoms with Crippen LogP contribution in [0.15, 0.2) is 24.3 Å². The lowest BCUT2D eigenvalue weighted by molar-refractivity contribution is -0.122. The minimum absolute atomic E-state index is 0. The van der Waals surface area contributed by atoms with Crippen LogP contribution in [0.4, 0.5) is 0 Å². The van der Waals surface area contributed by atoms with E-state index in [1.165, 1.54) is 0 Å².